The lowest BCUT2D eigenvalue weighted by molar-refractivity contribution is 0.503. The van der Waals surface area contributed by atoms with Gasteiger partial charge in [0.15, 0.2) is 0 Å². The molecule has 2 rings (SSSR count). The van der Waals surface area contributed by atoms with Gasteiger partial charge in [0.25, 0.3) is 0 Å². The first-order valence-electron chi connectivity index (χ1n) is 4.88. The second-order valence-electron chi connectivity index (χ2n) is 4.71. The molecule has 1 heteroatoms. The van der Waals surface area contributed by atoms with E-state index in [4.69, 9.17) is 5.73 Å². The van der Waals surface area contributed by atoms with Crippen LogP contribution in [0.15, 0.2) is 30.3 Å². The molecule has 1 aliphatic rings. The Labute approximate surface area is 80.0 Å². The average molecular weight is 175 g/mol. The molecule has 0 amide bonds. The summed E-state index contributed by atoms with van der Waals surface area (Å²) in [5.74, 6) is 0. The van der Waals surface area contributed by atoms with E-state index in [0.717, 1.165) is 6.54 Å². The fourth-order valence-electron chi connectivity index (χ4n) is 2.43. The molecule has 0 unspecified atom stereocenters. The lowest BCUT2D eigenvalue weighted by atomic mass is 9.88. The van der Waals surface area contributed by atoms with Gasteiger partial charge in [-0.15, -0.1) is 0 Å². The average Bonchev–Trinajstić information content (AvgIpc) is 2.72. The normalized spacial score (nSPS) is 30.1. The van der Waals surface area contributed by atoms with Crippen molar-refractivity contribution in [2.24, 2.45) is 11.1 Å². The van der Waals surface area contributed by atoms with Crippen molar-refractivity contribution >= 4 is 0 Å². The van der Waals surface area contributed by atoms with Crippen LogP contribution in [0.25, 0.3) is 0 Å². The van der Waals surface area contributed by atoms with Crippen LogP contribution in [0.4, 0.5) is 0 Å². The second-order valence-corrected chi connectivity index (χ2v) is 4.71. The third-order valence-electron chi connectivity index (χ3n) is 3.59. The fraction of sp³-hybridized carbons (Fsp3) is 0.500. The third kappa shape index (κ3) is 1.11. The Hall–Kier alpha value is -0.820. The van der Waals surface area contributed by atoms with E-state index < -0.39 is 0 Å². The molecule has 1 saturated carbocycles. The van der Waals surface area contributed by atoms with Gasteiger partial charge < -0.3 is 5.73 Å². The molecule has 1 aliphatic carbocycles. The topological polar surface area (TPSA) is 26.0 Å². The Morgan fingerprint density at radius 1 is 1.23 bits per heavy atom. The van der Waals surface area contributed by atoms with Crippen LogP contribution in [0.3, 0.4) is 0 Å². The van der Waals surface area contributed by atoms with Crippen molar-refractivity contribution in [3.63, 3.8) is 0 Å². The Balaban J connectivity index is 2.37. The fourth-order valence-corrected chi connectivity index (χ4v) is 2.43. The van der Waals surface area contributed by atoms with E-state index in [1.165, 1.54) is 12.0 Å². The first kappa shape index (κ1) is 8.76. The molecule has 0 bridgehead atoms. The molecule has 13 heavy (non-hydrogen) atoms. The summed E-state index contributed by atoms with van der Waals surface area (Å²) in [5, 5.41) is 0. The van der Waals surface area contributed by atoms with Gasteiger partial charge in [-0.25, -0.2) is 0 Å². The molecule has 1 fully saturated rings. The lowest BCUT2D eigenvalue weighted by Crippen LogP contribution is -2.25. The van der Waals surface area contributed by atoms with Crippen LogP contribution in [-0.4, -0.2) is 6.54 Å². The van der Waals surface area contributed by atoms with Gasteiger partial charge in [0.2, 0.25) is 0 Å². The van der Waals surface area contributed by atoms with Crippen LogP contribution in [-0.2, 0) is 5.41 Å². The summed E-state index contributed by atoms with van der Waals surface area (Å²) in [4.78, 5) is 0. The molecule has 1 aromatic rings. The molecule has 0 spiro atoms. The van der Waals surface area contributed by atoms with Gasteiger partial charge >= 0.3 is 0 Å². The van der Waals surface area contributed by atoms with Gasteiger partial charge in [0.05, 0.1) is 0 Å². The van der Waals surface area contributed by atoms with Crippen molar-refractivity contribution < 1.29 is 0 Å². The maximum absolute atomic E-state index is 5.88. The van der Waals surface area contributed by atoms with E-state index in [-0.39, 0.29) is 5.41 Å². The zero-order valence-electron chi connectivity index (χ0n) is 8.38. The molecular weight excluding hydrogens is 158 g/mol. The summed E-state index contributed by atoms with van der Waals surface area (Å²) in [6.07, 6.45) is 1.22. The Kier molecular flexibility index (Phi) is 1.74. The van der Waals surface area contributed by atoms with Crippen LogP contribution >= 0.6 is 0 Å². The molecule has 0 heterocycles. The van der Waals surface area contributed by atoms with Crippen LogP contribution in [0.2, 0.25) is 0 Å². The molecule has 2 N–H and O–H groups in total. The summed E-state index contributed by atoms with van der Waals surface area (Å²) in [7, 11) is 0. The first-order chi connectivity index (χ1) is 6.12. The summed E-state index contributed by atoms with van der Waals surface area (Å²) in [6.45, 7) is 5.36. The highest BCUT2D eigenvalue weighted by Gasteiger charge is 2.60. The number of benzene rings is 1. The molecule has 0 aliphatic heterocycles. The standard InChI is InChI=1S/C12H17N/c1-11(2)8-12(11,9-13)10-6-4-3-5-7-10/h3-7H,8-9,13H2,1-2H3/t12-/m0/s1. The van der Waals surface area contributed by atoms with Crippen molar-refractivity contribution in [1.82, 2.24) is 0 Å². The van der Waals surface area contributed by atoms with Gasteiger partial charge in [0, 0.05) is 12.0 Å². The van der Waals surface area contributed by atoms with Gasteiger partial charge in [0.1, 0.15) is 0 Å². The van der Waals surface area contributed by atoms with Crippen LogP contribution in [0.1, 0.15) is 25.8 Å². The predicted molar refractivity (Wildman–Crippen MR) is 55.6 cm³/mol. The van der Waals surface area contributed by atoms with Crippen LogP contribution in [0, 0.1) is 5.41 Å². The van der Waals surface area contributed by atoms with Crippen molar-refractivity contribution in [2.75, 3.05) is 6.54 Å². The molecular formula is C12H17N. The molecule has 1 nitrogen and oxygen atoms in total. The summed E-state index contributed by atoms with van der Waals surface area (Å²) in [6, 6.07) is 10.6. The highest BCUT2D eigenvalue weighted by molar-refractivity contribution is 5.37. The minimum absolute atomic E-state index is 0.258. The van der Waals surface area contributed by atoms with Crippen molar-refractivity contribution in [2.45, 2.75) is 25.7 Å². The summed E-state index contributed by atoms with van der Waals surface area (Å²) in [5.41, 5.74) is 7.93. The van der Waals surface area contributed by atoms with Crippen LogP contribution < -0.4 is 5.73 Å². The Morgan fingerprint density at radius 2 is 1.77 bits per heavy atom. The van der Waals surface area contributed by atoms with Gasteiger partial charge in [-0.2, -0.15) is 0 Å². The predicted octanol–water partition coefficient (Wildman–Crippen LogP) is 2.31. The van der Waals surface area contributed by atoms with Crippen molar-refractivity contribution in [1.29, 1.82) is 0 Å². The molecule has 1 aromatic carbocycles. The number of nitrogens with two attached hydrogens (primary N) is 1. The van der Waals surface area contributed by atoms with E-state index in [2.05, 4.69) is 44.2 Å². The zero-order valence-corrected chi connectivity index (χ0v) is 8.38. The SMILES string of the molecule is CC1(C)C[C@]1(CN)c1ccccc1. The van der Waals surface area contributed by atoms with E-state index in [1.807, 2.05) is 0 Å². The highest BCUT2D eigenvalue weighted by Crippen LogP contribution is 2.63. The van der Waals surface area contributed by atoms with Gasteiger partial charge in [-0.3, -0.25) is 0 Å². The van der Waals surface area contributed by atoms with E-state index >= 15 is 0 Å². The maximum Gasteiger partial charge on any atom is 0.0132 e. The smallest absolute Gasteiger partial charge is 0.0132 e. The quantitative estimate of drug-likeness (QED) is 0.733. The van der Waals surface area contributed by atoms with Crippen molar-refractivity contribution in [3.8, 4) is 0 Å². The minimum atomic E-state index is 0.258. The van der Waals surface area contributed by atoms with Crippen LogP contribution in [0.5, 0.6) is 0 Å². The molecule has 1 atom stereocenters. The van der Waals surface area contributed by atoms with Gasteiger partial charge in [-0.05, 0) is 17.4 Å². The largest absolute Gasteiger partial charge is 0.330 e. The maximum atomic E-state index is 5.88. The number of hydrogen-bond acceptors (Lipinski definition) is 1. The molecule has 0 radical (unpaired) electrons. The third-order valence-corrected chi connectivity index (χ3v) is 3.59. The number of rotatable bonds is 2. The summed E-state index contributed by atoms with van der Waals surface area (Å²) < 4.78 is 0. The van der Waals surface area contributed by atoms with E-state index in [1.54, 1.807) is 0 Å². The number of hydrogen-bond donors (Lipinski definition) is 1. The van der Waals surface area contributed by atoms with Gasteiger partial charge in [-0.1, -0.05) is 44.2 Å². The highest BCUT2D eigenvalue weighted by atomic mass is 14.7. The minimum Gasteiger partial charge on any atom is -0.330 e. The van der Waals surface area contributed by atoms with E-state index in [0.29, 0.717) is 5.41 Å². The Morgan fingerprint density at radius 3 is 2.15 bits per heavy atom. The van der Waals surface area contributed by atoms with Crippen molar-refractivity contribution in [3.05, 3.63) is 35.9 Å². The van der Waals surface area contributed by atoms with E-state index in [9.17, 15) is 0 Å². The summed E-state index contributed by atoms with van der Waals surface area (Å²) >= 11 is 0. The monoisotopic (exact) mass is 175 g/mol. The Bertz CT molecular complexity index is 302. The molecule has 70 valence electrons. The zero-order chi connectivity index (χ0) is 9.53. The molecule has 0 aromatic heterocycles. The second kappa shape index (κ2) is 2.58. The first-order valence-corrected chi connectivity index (χ1v) is 4.88. The lowest BCUT2D eigenvalue weighted by Gasteiger charge is -2.18. The molecule has 0 saturated heterocycles.